The van der Waals surface area contributed by atoms with Gasteiger partial charge >= 0.3 is 23.9 Å². The highest BCUT2D eigenvalue weighted by atomic mass is 16.6. The SMILES string of the molecule is C=C1[C@@H]([C@]2(C)C=CC(=O)OC(C)(C)[C@@H]2CC(=O)OC)[C@@H](OC(C)=O)[C@H](OC(=O)c2ccccc2)[C@@]2(C)[C@H](c3ccoc3)C[C@H]3O[C@]132. The number of allylic oxidation sites excluding steroid dienone is 1. The number of furan rings is 1. The molecular weight excluding hydrogens is 592 g/mol. The molecule has 0 unspecified atom stereocenters. The fourth-order valence-electron chi connectivity index (χ4n) is 9.05. The summed E-state index contributed by atoms with van der Waals surface area (Å²) in [6.07, 6.45) is 4.37. The van der Waals surface area contributed by atoms with Crippen molar-refractivity contribution in [2.45, 2.75) is 82.9 Å². The predicted octanol–water partition coefficient (Wildman–Crippen LogP) is 5.33. The van der Waals surface area contributed by atoms with E-state index >= 15 is 0 Å². The first kappa shape index (κ1) is 31.8. The monoisotopic (exact) mass is 632 g/mol. The Morgan fingerprint density at radius 2 is 1.76 bits per heavy atom. The molecule has 0 N–H and O–H groups in total. The van der Waals surface area contributed by atoms with E-state index < -0.39 is 70.0 Å². The van der Waals surface area contributed by atoms with Crippen molar-refractivity contribution in [1.82, 2.24) is 0 Å². The van der Waals surface area contributed by atoms with Gasteiger partial charge in [-0.05, 0) is 49.6 Å². The van der Waals surface area contributed by atoms with E-state index in [4.69, 9.17) is 28.1 Å². The van der Waals surface area contributed by atoms with Gasteiger partial charge in [-0.25, -0.2) is 9.59 Å². The van der Waals surface area contributed by atoms with Crippen LogP contribution in [0.5, 0.6) is 0 Å². The van der Waals surface area contributed by atoms with Crippen molar-refractivity contribution in [1.29, 1.82) is 0 Å². The van der Waals surface area contributed by atoms with Crippen LogP contribution in [-0.4, -0.2) is 60.5 Å². The van der Waals surface area contributed by atoms with Gasteiger partial charge in [-0.2, -0.15) is 0 Å². The van der Waals surface area contributed by atoms with Gasteiger partial charge in [-0.15, -0.1) is 0 Å². The van der Waals surface area contributed by atoms with E-state index in [1.54, 1.807) is 62.8 Å². The number of hydrogen-bond donors (Lipinski definition) is 0. The zero-order chi connectivity index (χ0) is 33.2. The van der Waals surface area contributed by atoms with Gasteiger partial charge in [0.25, 0.3) is 0 Å². The molecule has 0 radical (unpaired) electrons. The molecule has 1 aromatic heterocycles. The smallest absolute Gasteiger partial charge is 0.338 e. The van der Waals surface area contributed by atoms with E-state index in [0.29, 0.717) is 17.6 Å². The maximum absolute atomic E-state index is 13.9. The van der Waals surface area contributed by atoms with Crippen molar-refractivity contribution in [3.63, 3.8) is 0 Å². The minimum absolute atomic E-state index is 0.116. The summed E-state index contributed by atoms with van der Waals surface area (Å²) in [4.78, 5) is 52.7. The van der Waals surface area contributed by atoms with Crippen LogP contribution in [0.1, 0.15) is 69.3 Å². The van der Waals surface area contributed by atoms with Crippen molar-refractivity contribution in [3.8, 4) is 0 Å². The summed E-state index contributed by atoms with van der Waals surface area (Å²) in [7, 11) is 1.30. The molecule has 6 rings (SSSR count). The maximum atomic E-state index is 13.9. The van der Waals surface area contributed by atoms with Crippen molar-refractivity contribution < 1.29 is 47.3 Å². The van der Waals surface area contributed by atoms with Gasteiger partial charge in [0.2, 0.25) is 0 Å². The number of rotatable bonds is 7. The summed E-state index contributed by atoms with van der Waals surface area (Å²) in [5.41, 5.74) is -2.35. The molecule has 3 heterocycles. The largest absolute Gasteiger partial charge is 0.472 e. The second kappa shape index (κ2) is 11.0. The molecule has 3 fully saturated rings. The van der Waals surface area contributed by atoms with Crippen LogP contribution in [0.2, 0.25) is 0 Å². The lowest BCUT2D eigenvalue weighted by Gasteiger charge is -2.58. The lowest BCUT2D eigenvalue weighted by atomic mass is 9.48. The second-order valence-electron chi connectivity index (χ2n) is 13.8. The van der Waals surface area contributed by atoms with E-state index in [0.717, 1.165) is 5.56 Å². The van der Waals surface area contributed by atoms with Crippen LogP contribution in [-0.2, 0) is 38.1 Å². The number of epoxide rings is 1. The molecule has 2 aromatic rings. The van der Waals surface area contributed by atoms with E-state index in [1.807, 2.05) is 19.9 Å². The molecule has 2 aliphatic heterocycles. The van der Waals surface area contributed by atoms with Gasteiger partial charge < -0.3 is 28.1 Å². The molecule has 1 aromatic carbocycles. The first-order chi connectivity index (χ1) is 21.7. The molecule has 2 saturated carbocycles. The van der Waals surface area contributed by atoms with Crippen LogP contribution < -0.4 is 0 Å². The molecule has 10 nitrogen and oxygen atoms in total. The topological polar surface area (TPSA) is 131 Å². The maximum Gasteiger partial charge on any atom is 0.338 e. The van der Waals surface area contributed by atoms with Crippen molar-refractivity contribution in [2.75, 3.05) is 7.11 Å². The molecule has 0 amide bonds. The van der Waals surface area contributed by atoms with E-state index in [9.17, 15) is 19.2 Å². The normalized spacial score (nSPS) is 37.3. The molecule has 4 aliphatic rings. The van der Waals surface area contributed by atoms with Crippen LogP contribution >= 0.6 is 0 Å². The highest BCUT2D eigenvalue weighted by molar-refractivity contribution is 5.89. The zero-order valence-electron chi connectivity index (χ0n) is 26.9. The van der Waals surface area contributed by atoms with Gasteiger partial charge in [0.1, 0.15) is 23.4 Å². The summed E-state index contributed by atoms with van der Waals surface area (Å²) in [5.74, 6) is -3.93. The predicted molar refractivity (Wildman–Crippen MR) is 163 cm³/mol. The Bertz CT molecular complexity index is 1590. The first-order valence-corrected chi connectivity index (χ1v) is 15.5. The van der Waals surface area contributed by atoms with E-state index in [2.05, 4.69) is 6.58 Å². The number of benzene rings is 1. The Kier molecular flexibility index (Phi) is 7.58. The number of methoxy groups -OCH3 is 1. The van der Waals surface area contributed by atoms with Gasteiger partial charge in [-0.1, -0.05) is 44.7 Å². The third-order valence-corrected chi connectivity index (χ3v) is 11.1. The summed E-state index contributed by atoms with van der Waals surface area (Å²) >= 11 is 0. The minimum atomic E-state index is -1.17. The standard InChI is InChI=1S/C36H40O10/c1-20-29(34(5)15-13-27(38)46-33(3,4)25(34)18-28(39)41-7)30(43-21(2)37)31(44-32(40)22-11-9-8-10-12-22)35(6)24(23-14-16-42-19-23)17-26-36(20,35)45-26/h8-16,19,24-26,29-31H,1,17-18H2,2-7H3/t24-,25-,26+,29+,30+,31-,34+,35+,36+/m0/s1. The average molecular weight is 633 g/mol. The van der Waals surface area contributed by atoms with Crippen LogP contribution in [0.3, 0.4) is 0 Å². The Morgan fingerprint density at radius 1 is 1.04 bits per heavy atom. The Balaban J connectivity index is 1.57. The Labute approximate surface area is 268 Å². The lowest BCUT2D eigenvalue weighted by Crippen LogP contribution is -2.66. The van der Waals surface area contributed by atoms with Crippen LogP contribution in [0.25, 0.3) is 0 Å². The quantitative estimate of drug-likeness (QED) is 0.171. The summed E-state index contributed by atoms with van der Waals surface area (Å²) in [6, 6.07) is 10.5. The summed E-state index contributed by atoms with van der Waals surface area (Å²) in [5, 5.41) is 0. The van der Waals surface area contributed by atoms with Crippen molar-refractivity contribution in [3.05, 3.63) is 84.4 Å². The summed E-state index contributed by atoms with van der Waals surface area (Å²) < 4.78 is 35.8. The van der Waals surface area contributed by atoms with Crippen LogP contribution in [0.4, 0.5) is 0 Å². The lowest BCUT2D eigenvalue weighted by molar-refractivity contribution is -0.195. The molecule has 2 aliphatic carbocycles. The Morgan fingerprint density at radius 3 is 2.39 bits per heavy atom. The molecule has 9 atom stereocenters. The van der Waals surface area contributed by atoms with Crippen LogP contribution in [0, 0.1) is 22.7 Å². The van der Waals surface area contributed by atoms with Crippen molar-refractivity contribution in [2.24, 2.45) is 22.7 Å². The third kappa shape index (κ3) is 4.63. The fourth-order valence-corrected chi connectivity index (χ4v) is 9.05. The highest BCUT2D eigenvalue weighted by Crippen LogP contribution is 2.76. The molecule has 1 saturated heterocycles. The second-order valence-corrected chi connectivity index (χ2v) is 13.8. The molecule has 0 bridgehead atoms. The molecular formula is C36H40O10. The molecule has 1 spiro atoms. The van der Waals surface area contributed by atoms with Gasteiger partial charge in [0.15, 0.2) is 0 Å². The Hall–Kier alpha value is -4.18. The molecule has 46 heavy (non-hydrogen) atoms. The van der Waals surface area contributed by atoms with E-state index in [-0.39, 0.29) is 18.4 Å². The number of cyclic esters (lactones) is 1. The summed E-state index contributed by atoms with van der Waals surface area (Å²) in [6.45, 7) is 13.3. The third-order valence-electron chi connectivity index (χ3n) is 11.1. The highest BCUT2D eigenvalue weighted by Gasteiger charge is 2.84. The number of esters is 4. The van der Waals surface area contributed by atoms with Gasteiger partial charge in [0.05, 0.1) is 43.1 Å². The van der Waals surface area contributed by atoms with Crippen molar-refractivity contribution >= 4 is 23.9 Å². The number of hydrogen-bond acceptors (Lipinski definition) is 10. The van der Waals surface area contributed by atoms with E-state index in [1.165, 1.54) is 20.1 Å². The van der Waals surface area contributed by atoms with Crippen LogP contribution in [0.15, 0.2) is 77.6 Å². The van der Waals surface area contributed by atoms with Gasteiger partial charge in [0, 0.05) is 36.2 Å². The fraction of sp³-hybridized carbons (Fsp3) is 0.500. The first-order valence-electron chi connectivity index (χ1n) is 15.5. The number of ether oxygens (including phenoxy) is 5. The van der Waals surface area contributed by atoms with Gasteiger partial charge in [-0.3, -0.25) is 9.59 Å². The molecule has 10 heteroatoms. The minimum Gasteiger partial charge on any atom is -0.472 e. The number of carbonyl (C=O) groups is 4. The number of carbonyl (C=O) groups excluding carboxylic acids is 4. The zero-order valence-corrected chi connectivity index (χ0v) is 26.9. The molecule has 244 valence electrons. The average Bonchev–Trinajstić information content (AvgIpc) is 3.38.